The first-order valence-corrected chi connectivity index (χ1v) is 7.97. The van der Waals surface area contributed by atoms with Gasteiger partial charge in [-0.05, 0) is 19.5 Å². The molecule has 0 aliphatic heterocycles. The van der Waals surface area contributed by atoms with Gasteiger partial charge in [-0.15, -0.1) is 0 Å². The van der Waals surface area contributed by atoms with E-state index in [4.69, 9.17) is 4.74 Å². The van der Waals surface area contributed by atoms with E-state index in [1.165, 1.54) is 0 Å². The molecule has 0 aliphatic carbocycles. The van der Waals surface area contributed by atoms with Gasteiger partial charge in [-0.25, -0.2) is 8.42 Å². The third kappa shape index (κ3) is 5.06. The summed E-state index contributed by atoms with van der Waals surface area (Å²) in [6, 6.07) is 7.77. The second kappa shape index (κ2) is 7.38. The third-order valence-corrected chi connectivity index (χ3v) is 4.43. The maximum atomic E-state index is 11.3. The lowest BCUT2D eigenvalue weighted by Crippen LogP contribution is -2.13. The molecule has 0 atom stereocenters. The first-order valence-electron chi connectivity index (χ1n) is 6.15. The number of rotatable bonds is 8. The van der Waals surface area contributed by atoms with Crippen molar-refractivity contribution in [2.75, 3.05) is 25.2 Å². The molecule has 0 unspecified atom stereocenters. The molecule has 0 bridgehead atoms. The summed E-state index contributed by atoms with van der Waals surface area (Å²) in [5.74, 6) is 1.21. The fraction of sp³-hybridized carbons (Fsp3) is 0.538. The van der Waals surface area contributed by atoms with Gasteiger partial charge >= 0.3 is 0 Å². The molecule has 1 aromatic rings. The fourth-order valence-electron chi connectivity index (χ4n) is 1.59. The van der Waals surface area contributed by atoms with Crippen molar-refractivity contribution in [3.63, 3.8) is 0 Å². The summed E-state index contributed by atoms with van der Waals surface area (Å²) in [5, 5.41) is 3.07. The fourth-order valence-corrected chi connectivity index (χ4v) is 2.43. The van der Waals surface area contributed by atoms with Crippen LogP contribution in [0, 0.1) is 0 Å². The van der Waals surface area contributed by atoms with Gasteiger partial charge in [0.2, 0.25) is 0 Å². The summed E-state index contributed by atoms with van der Waals surface area (Å²) < 4.78 is 28.3. The van der Waals surface area contributed by atoms with Crippen molar-refractivity contribution in [2.45, 2.75) is 19.9 Å². The molecule has 0 amide bonds. The molecule has 5 heteroatoms. The van der Waals surface area contributed by atoms with Crippen molar-refractivity contribution in [3.8, 4) is 5.75 Å². The zero-order valence-electron chi connectivity index (χ0n) is 11.0. The van der Waals surface area contributed by atoms with Crippen LogP contribution in [-0.4, -0.2) is 33.6 Å². The van der Waals surface area contributed by atoms with Gasteiger partial charge in [0, 0.05) is 17.9 Å². The van der Waals surface area contributed by atoms with Gasteiger partial charge in [-0.2, -0.15) is 0 Å². The lowest BCUT2D eigenvalue weighted by Gasteiger charge is -2.11. The Morgan fingerprint density at radius 1 is 1.28 bits per heavy atom. The monoisotopic (exact) mass is 271 g/mol. The van der Waals surface area contributed by atoms with Gasteiger partial charge in [0.25, 0.3) is 0 Å². The molecule has 0 fully saturated rings. The minimum atomic E-state index is -2.89. The summed E-state index contributed by atoms with van der Waals surface area (Å²) in [7, 11) is -1.01. The molecular weight excluding hydrogens is 250 g/mol. The summed E-state index contributed by atoms with van der Waals surface area (Å²) >= 11 is 0. The van der Waals surface area contributed by atoms with E-state index in [2.05, 4.69) is 5.32 Å². The second-order valence-electron chi connectivity index (χ2n) is 4.08. The van der Waals surface area contributed by atoms with Crippen molar-refractivity contribution in [2.24, 2.45) is 0 Å². The molecule has 0 aliphatic rings. The summed E-state index contributed by atoms with van der Waals surface area (Å²) in [4.78, 5) is 0. The minimum Gasteiger partial charge on any atom is -0.493 e. The van der Waals surface area contributed by atoms with Gasteiger partial charge in [0.05, 0.1) is 12.4 Å². The van der Waals surface area contributed by atoms with Crippen LogP contribution >= 0.6 is 0 Å². The maximum absolute atomic E-state index is 11.3. The molecule has 1 rings (SSSR count). The van der Waals surface area contributed by atoms with Crippen LogP contribution in [0.25, 0.3) is 0 Å². The average Bonchev–Trinajstić information content (AvgIpc) is 2.37. The molecule has 0 saturated carbocycles. The quantitative estimate of drug-likeness (QED) is 0.730. The lowest BCUT2D eigenvalue weighted by molar-refractivity contribution is 0.314. The normalized spacial score (nSPS) is 11.4. The number of ether oxygens (including phenoxy) is 1. The Kier molecular flexibility index (Phi) is 6.15. The number of benzene rings is 1. The van der Waals surface area contributed by atoms with E-state index < -0.39 is 9.84 Å². The molecule has 0 saturated heterocycles. The zero-order chi connectivity index (χ0) is 13.4. The van der Waals surface area contributed by atoms with E-state index in [9.17, 15) is 8.42 Å². The number of para-hydroxylation sites is 1. The topological polar surface area (TPSA) is 55.4 Å². The first kappa shape index (κ1) is 15.0. The van der Waals surface area contributed by atoms with Crippen LogP contribution in [-0.2, 0) is 16.4 Å². The molecule has 102 valence electrons. The standard InChI is InChI=1S/C13H21NO3S/c1-3-18(15,16)10-6-9-17-13-8-5-4-7-12(13)11-14-2/h4-5,7-8,14H,3,6,9-11H2,1-2H3. The second-order valence-corrected chi connectivity index (χ2v) is 6.55. The van der Waals surface area contributed by atoms with Crippen molar-refractivity contribution in [1.29, 1.82) is 0 Å². The van der Waals surface area contributed by atoms with E-state index >= 15 is 0 Å². The number of hydrogen-bond acceptors (Lipinski definition) is 4. The Hall–Kier alpha value is -1.07. The Morgan fingerprint density at radius 3 is 2.67 bits per heavy atom. The number of sulfone groups is 1. The Labute approximate surface area is 109 Å². The smallest absolute Gasteiger partial charge is 0.150 e. The largest absolute Gasteiger partial charge is 0.493 e. The third-order valence-electron chi connectivity index (χ3n) is 2.64. The summed E-state index contributed by atoms with van der Waals surface area (Å²) in [6.07, 6.45) is 0.532. The Morgan fingerprint density at radius 2 is 2.00 bits per heavy atom. The van der Waals surface area contributed by atoms with Gasteiger partial charge in [-0.3, -0.25) is 0 Å². The Bertz CT molecular complexity index is 457. The summed E-state index contributed by atoms with van der Waals surface area (Å²) in [6.45, 7) is 2.84. The van der Waals surface area contributed by atoms with E-state index in [-0.39, 0.29) is 11.5 Å². The van der Waals surface area contributed by atoms with E-state index in [1.54, 1.807) is 6.92 Å². The van der Waals surface area contributed by atoms with Crippen molar-refractivity contribution >= 4 is 9.84 Å². The van der Waals surface area contributed by atoms with Gasteiger partial charge in [0.15, 0.2) is 0 Å². The van der Waals surface area contributed by atoms with Crippen molar-refractivity contribution < 1.29 is 13.2 Å². The van der Waals surface area contributed by atoms with Crippen LogP contribution in [0.5, 0.6) is 5.75 Å². The predicted octanol–water partition coefficient (Wildman–Crippen LogP) is 1.61. The molecule has 0 aromatic heterocycles. The van der Waals surface area contributed by atoms with Gasteiger partial charge in [0.1, 0.15) is 15.6 Å². The van der Waals surface area contributed by atoms with Crippen LogP contribution in [0.2, 0.25) is 0 Å². The van der Waals surface area contributed by atoms with Crippen LogP contribution in [0.15, 0.2) is 24.3 Å². The van der Waals surface area contributed by atoms with E-state index in [0.717, 1.165) is 17.9 Å². The molecule has 0 heterocycles. The Balaban J connectivity index is 2.44. The zero-order valence-corrected chi connectivity index (χ0v) is 11.8. The highest BCUT2D eigenvalue weighted by Gasteiger charge is 2.07. The van der Waals surface area contributed by atoms with Gasteiger partial charge in [-0.1, -0.05) is 25.1 Å². The van der Waals surface area contributed by atoms with E-state index in [0.29, 0.717) is 13.0 Å². The highest BCUT2D eigenvalue weighted by molar-refractivity contribution is 7.91. The number of hydrogen-bond donors (Lipinski definition) is 1. The maximum Gasteiger partial charge on any atom is 0.150 e. The molecule has 18 heavy (non-hydrogen) atoms. The molecule has 1 N–H and O–H groups in total. The van der Waals surface area contributed by atoms with Crippen LogP contribution in [0.4, 0.5) is 0 Å². The van der Waals surface area contributed by atoms with Crippen LogP contribution < -0.4 is 10.1 Å². The highest BCUT2D eigenvalue weighted by atomic mass is 32.2. The van der Waals surface area contributed by atoms with Crippen molar-refractivity contribution in [3.05, 3.63) is 29.8 Å². The van der Waals surface area contributed by atoms with Crippen molar-refractivity contribution in [1.82, 2.24) is 5.32 Å². The summed E-state index contributed by atoms with van der Waals surface area (Å²) in [5.41, 5.74) is 1.08. The predicted molar refractivity (Wildman–Crippen MR) is 73.6 cm³/mol. The lowest BCUT2D eigenvalue weighted by atomic mass is 10.2. The molecule has 1 aromatic carbocycles. The molecule has 0 radical (unpaired) electrons. The van der Waals surface area contributed by atoms with Crippen LogP contribution in [0.3, 0.4) is 0 Å². The van der Waals surface area contributed by atoms with Crippen LogP contribution in [0.1, 0.15) is 18.9 Å². The number of nitrogens with one attached hydrogen (secondary N) is 1. The van der Waals surface area contributed by atoms with E-state index in [1.807, 2.05) is 31.3 Å². The minimum absolute atomic E-state index is 0.192. The molecular formula is C13H21NO3S. The van der Waals surface area contributed by atoms with Gasteiger partial charge < -0.3 is 10.1 Å². The highest BCUT2D eigenvalue weighted by Crippen LogP contribution is 2.17. The first-order chi connectivity index (χ1) is 8.59. The molecule has 0 spiro atoms. The SMILES string of the molecule is CCS(=O)(=O)CCCOc1ccccc1CNC. The average molecular weight is 271 g/mol. The molecule has 4 nitrogen and oxygen atoms in total.